The minimum atomic E-state index is -4.53. The van der Waals surface area contributed by atoms with Crippen molar-refractivity contribution in [1.29, 1.82) is 0 Å². The fourth-order valence-electron chi connectivity index (χ4n) is 1.69. The van der Waals surface area contributed by atoms with Gasteiger partial charge in [-0.3, -0.25) is 4.98 Å². The van der Waals surface area contributed by atoms with Crippen molar-refractivity contribution in [1.82, 2.24) is 15.0 Å². The van der Waals surface area contributed by atoms with Crippen molar-refractivity contribution >= 4 is 11.8 Å². The molecule has 22 heavy (non-hydrogen) atoms. The molecule has 118 valence electrons. The Bertz CT molecular complexity index is 614. The maximum Gasteiger partial charge on any atom is 0.433 e. The summed E-state index contributed by atoms with van der Waals surface area (Å²) in [4.78, 5) is 11.6. The zero-order valence-corrected chi connectivity index (χ0v) is 12.1. The van der Waals surface area contributed by atoms with Crippen molar-refractivity contribution in [3.05, 3.63) is 41.9 Å². The summed E-state index contributed by atoms with van der Waals surface area (Å²) in [6, 6.07) is 6.14. The summed E-state index contributed by atoms with van der Waals surface area (Å²) in [5.41, 5.74) is -0.290. The van der Waals surface area contributed by atoms with Gasteiger partial charge in [-0.15, -0.1) is 0 Å². The molecule has 0 amide bonds. The Morgan fingerprint density at radius 2 is 1.95 bits per heavy atom. The zero-order chi connectivity index (χ0) is 16.2. The molecule has 0 fully saturated rings. The molecule has 0 saturated carbocycles. The summed E-state index contributed by atoms with van der Waals surface area (Å²) in [6.45, 7) is 3.87. The van der Waals surface area contributed by atoms with E-state index in [1.165, 1.54) is 0 Å². The van der Waals surface area contributed by atoms with Crippen LogP contribution >= 0.6 is 0 Å². The van der Waals surface area contributed by atoms with Crippen LogP contribution in [0.25, 0.3) is 0 Å². The van der Waals surface area contributed by atoms with Crippen molar-refractivity contribution in [2.24, 2.45) is 0 Å². The Kier molecular flexibility index (Phi) is 4.79. The predicted molar refractivity (Wildman–Crippen MR) is 77.4 cm³/mol. The largest absolute Gasteiger partial charge is 0.433 e. The lowest BCUT2D eigenvalue weighted by molar-refractivity contribution is -0.141. The summed E-state index contributed by atoms with van der Waals surface area (Å²) in [7, 11) is 0. The van der Waals surface area contributed by atoms with Crippen LogP contribution in [0.1, 0.15) is 25.2 Å². The molecular weight excluding hydrogens is 295 g/mol. The van der Waals surface area contributed by atoms with E-state index in [9.17, 15) is 13.2 Å². The maximum atomic E-state index is 12.9. The number of hydrogen-bond donors (Lipinski definition) is 2. The molecule has 2 heterocycles. The quantitative estimate of drug-likeness (QED) is 0.887. The number of rotatable bonds is 5. The fraction of sp³-hybridized carbons (Fsp3) is 0.357. The Labute approximate surface area is 126 Å². The van der Waals surface area contributed by atoms with E-state index in [0.717, 1.165) is 6.07 Å². The number of nitrogens with zero attached hydrogens (tertiary/aromatic N) is 3. The SMILES string of the molecule is CC(C)Nc1nc(NCc2ccccn2)cc(C(F)(F)F)n1. The Hall–Kier alpha value is -2.38. The second-order valence-electron chi connectivity index (χ2n) is 4.93. The summed E-state index contributed by atoms with van der Waals surface area (Å²) in [5, 5.41) is 5.61. The lowest BCUT2D eigenvalue weighted by atomic mass is 10.3. The number of hydrogen-bond acceptors (Lipinski definition) is 5. The lowest BCUT2D eigenvalue weighted by Crippen LogP contribution is -2.17. The Morgan fingerprint density at radius 3 is 2.55 bits per heavy atom. The number of alkyl halides is 3. The maximum absolute atomic E-state index is 12.9. The normalized spacial score (nSPS) is 11.5. The van der Waals surface area contributed by atoms with Crippen LogP contribution in [0.3, 0.4) is 0 Å². The van der Waals surface area contributed by atoms with Crippen LogP contribution in [0.5, 0.6) is 0 Å². The first kappa shape index (κ1) is 16.0. The van der Waals surface area contributed by atoms with Crippen molar-refractivity contribution in [3.63, 3.8) is 0 Å². The van der Waals surface area contributed by atoms with Gasteiger partial charge < -0.3 is 10.6 Å². The Balaban J connectivity index is 2.21. The number of anilines is 2. The topological polar surface area (TPSA) is 62.7 Å². The van der Waals surface area contributed by atoms with Gasteiger partial charge in [-0.25, -0.2) is 4.98 Å². The van der Waals surface area contributed by atoms with E-state index in [0.29, 0.717) is 5.69 Å². The highest BCUT2D eigenvalue weighted by Crippen LogP contribution is 2.29. The molecule has 0 saturated heterocycles. The van der Waals surface area contributed by atoms with Crippen LogP contribution in [0.2, 0.25) is 0 Å². The minimum Gasteiger partial charge on any atom is -0.364 e. The highest BCUT2D eigenvalue weighted by Gasteiger charge is 2.33. The number of halogens is 3. The molecule has 0 atom stereocenters. The van der Waals surface area contributed by atoms with Gasteiger partial charge in [0.25, 0.3) is 0 Å². The first-order valence-electron chi connectivity index (χ1n) is 6.71. The average molecular weight is 311 g/mol. The van der Waals surface area contributed by atoms with Crippen molar-refractivity contribution in [3.8, 4) is 0 Å². The number of nitrogens with one attached hydrogen (secondary N) is 2. The lowest BCUT2D eigenvalue weighted by Gasteiger charge is -2.14. The molecule has 8 heteroatoms. The molecule has 2 aromatic rings. The van der Waals surface area contributed by atoms with Crippen LogP contribution in [-0.4, -0.2) is 21.0 Å². The molecule has 2 rings (SSSR count). The van der Waals surface area contributed by atoms with Gasteiger partial charge in [0, 0.05) is 18.3 Å². The predicted octanol–water partition coefficient (Wildman–Crippen LogP) is 3.32. The second-order valence-corrected chi connectivity index (χ2v) is 4.93. The van der Waals surface area contributed by atoms with E-state index < -0.39 is 11.9 Å². The van der Waals surface area contributed by atoms with Gasteiger partial charge in [-0.1, -0.05) is 6.07 Å². The second kappa shape index (κ2) is 6.59. The van der Waals surface area contributed by atoms with Crippen LogP contribution in [0, 0.1) is 0 Å². The molecule has 2 N–H and O–H groups in total. The third-order valence-corrected chi connectivity index (χ3v) is 2.61. The van der Waals surface area contributed by atoms with E-state index in [2.05, 4.69) is 25.6 Å². The van der Waals surface area contributed by atoms with Crippen LogP contribution in [0.4, 0.5) is 24.9 Å². The molecule has 2 aromatic heterocycles. The minimum absolute atomic E-state index is 0.0617. The molecule has 5 nitrogen and oxygen atoms in total. The zero-order valence-electron chi connectivity index (χ0n) is 12.1. The van der Waals surface area contributed by atoms with Gasteiger partial charge >= 0.3 is 6.18 Å². The fourth-order valence-corrected chi connectivity index (χ4v) is 1.69. The van der Waals surface area contributed by atoms with Gasteiger partial charge in [0.2, 0.25) is 5.95 Å². The summed E-state index contributed by atoms with van der Waals surface area (Å²) in [6.07, 6.45) is -2.92. The van der Waals surface area contributed by atoms with E-state index >= 15 is 0 Å². The van der Waals surface area contributed by atoms with E-state index in [1.54, 1.807) is 38.2 Å². The van der Waals surface area contributed by atoms with Gasteiger partial charge in [0.15, 0.2) is 5.69 Å². The van der Waals surface area contributed by atoms with Gasteiger partial charge in [-0.2, -0.15) is 18.2 Å². The molecule has 0 spiro atoms. The van der Waals surface area contributed by atoms with Crippen molar-refractivity contribution in [2.45, 2.75) is 32.6 Å². The summed E-state index contributed by atoms with van der Waals surface area (Å²) < 4.78 is 38.7. The van der Waals surface area contributed by atoms with Gasteiger partial charge in [0.1, 0.15) is 5.82 Å². The van der Waals surface area contributed by atoms with Crippen LogP contribution in [0.15, 0.2) is 30.5 Å². The molecule has 0 bridgehead atoms. The van der Waals surface area contributed by atoms with Crippen molar-refractivity contribution in [2.75, 3.05) is 10.6 Å². The first-order chi connectivity index (χ1) is 10.3. The van der Waals surface area contributed by atoms with Gasteiger partial charge in [-0.05, 0) is 26.0 Å². The highest BCUT2D eigenvalue weighted by molar-refractivity contribution is 5.43. The van der Waals surface area contributed by atoms with Crippen molar-refractivity contribution < 1.29 is 13.2 Å². The molecule has 0 aromatic carbocycles. The summed E-state index contributed by atoms with van der Waals surface area (Å²) in [5.74, 6) is 0.0319. The average Bonchev–Trinajstić information content (AvgIpc) is 2.44. The first-order valence-corrected chi connectivity index (χ1v) is 6.71. The molecule has 0 unspecified atom stereocenters. The van der Waals surface area contributed by atoms with E-state index in [1.807, 2.05) is 0 Å². The molecule has 0 aliphatic carbocycles. The van der Waals surface area contributed by atoms with E-state index in [-0.39, 0.29) is 24.4 Å². The third kappa shape index (κ3) is 4.57. The highest BCUT2D eigenvalue weighted by atomic mass is 19.4. The standard InChI is InChI=1S/C14H16F3N5/c1-9(2)20-13-21-11(14(15,16)17)7-12(22-13)19-8-10-5-3-4-6-18-10/h3-7,9H,8H2,1-2H3,(H2,19,20,21,22). The Morgan fingerprint density at radius 1 is 1.18 bits per heavy atom. The van der Waals surface area contributed by atoms with E-state index in [4.69, 9.17) is 0 Å². The number of pyridine rings is 1. The number of aromatic nitrogens is 3. The molecule has 0 aliphatic rings. The summed E-state index contributed by atoms with van der Waals surface area (Å²) >= 11 is 0. The van der Waals surface area contributed by atoms with Crippen LogP contribution in [-0.2, 0) is 12.7 Å². The third-order valence-electron chi connectivity index (χ3n) is 2.61. The smallest absolute Gasteiger partial charge is 0.364 e. The van der Waals surface area contributed by atoms with Crippen LogP contribution < -0.4 is 10.6 Å². The molecule has 0 radical (unpaired) electrons. The monoisotopic (exact) mass is 311 g/mol. The molecular formula is C14H16F3N5. The molecule has 0 aliphatic heterocycles. The van der Waals surface area contributed by atoms with Gasteiger partial charge in [0.05, 0.1) is 12.2 Å².